The van der Waals surface area contributed by atoms with Crippen molar-refractivity contribution >= 4 is 0 Å². The highest BCUT2D eigenvalue weighted by atomic mass is 16.3. The van der Waals surface area contributed by atoms with Crippen molar-refractivity contribution in [2.45, 2.75) is 52.2 Å². The average Bonchev–Trinajstić information content (AvgIpc) is 3.06. The molecule has 1 atom stereocenters. The van der Waals surface area contributed by atoms with E-state index >= 15 is 0 Å². The van der Waals surface area contributed by atoms with Gasteiger partial charge in [-0.15, -0.1) is 0 Å². The van der Waals surface area contributed by atoms with Gasteiger partial charge in [-0.2, -0.15) is 5.10 Å². The SMILES string of the molecule is CCCn1ncnc1CNC(C)CCc1ccco1. The zero-order valence-electron chi connectivity index (χ0n) is 11.7. The standard InChI is InChI=1S/C14H22N4O/c1-3-8-18-14(16-11-17-18)10-15-12(2)6-7-13-5-4-9-19-13/h4-5,9,11-12,15H,3,6-8,10H2,1-2H3. The third-order valence-electron chi connectivity index (χ3n) is 3.14. The second-order valence-corrected chi connectivity index (χ2v) is 4.80. The van der Waals surface area contributed by atoms with E-state index in [1.165, 1.54) is 0 Å². The second-order valence-electron chi connectivity index (χ2n) is 4.80. The normalized spacial score (nSPS) is 12.7. The molecule has 5 heteroatoms. The van der Waals surface area contributed by atoms with Gasteiger partial charge in [0.2, 0.25) is 0 Å². The van der Waals surface area contributed by atoms with E-state index < -0.39 is 0 Å². The van der Waals surface area contributed by atoms with Gasteiger partial charge in [0.05, 0.1) is 12.8 Å². The zero-order chi connectivity index (χ0) is 13.5. The van der Waals surface area contributed by atoms with Gasteiger partial charge >= 0.3 is 0 Å². The average molecular weight is 262 g/mol. The first-order valence-electron chi connectivity index (χ1n) is 6.92. The van der Waals surface area contributed by atoms with Gasteiger partial charge in [-0.05, 0) is 31.9 Å². The van der Waals surface area contributed by atoms with E-state index in [0.29, 0.717) is 6.04 Å². The fourth-order valence-electron chi connectivity index (χ4n) is 2.00. The van der Waals surface area contributed by atoms with Crippen LogP contribution in [0.1, 0.15) is 38.3 Å². The summed E-state index contributed by atoms with van der Waals surface area (Å²) in [5, 5.41) is 7.70. The summed E-state index contributed by atoms with van der Waals surface area (Å²) in [4.78, 5) is 4.29. The number of hydrogen-bond acceptors (Lipinski definition) is 4. The first kappa shape index (κ1) is 13.8. The Balaban J connectivity index is 1.73. The minimum Gasteiger partial charge on any atom is -0.469 e. The van der Waals surface area contributed by atoms with Crippen LogP contribution in [0.25, 0.3) is 0 Å². The zero-order valence-corrected chi connectivity index (χ0v) is 11.7. The molecule has 2 rings (SSSR count). The fraction of sp³-hybridized carbons (Fsp3) is 0.571. The molecule has 0 amide bonds. The Morgan fingerprint density at radius 3 is 3.11 bits per heavy atom. The number of aryl methyl sites for hydroxylation is 2. The van der Waals surface area contributed by atoms with E-state index in [-0.39, 0.29) is 0 Å². The summed E-state index contributed by atoms with van der Waals surface area (Å²) in [6.45, 7) is 6.02. The predicted molar refractivity (Wildman–Crippen MR) is 73.6 cm³/mol. The minimum atomic E-state index is 0.428. The molecule has 0 aliphatic rings. The largest absolute Gasteiger partial charge is 0.469 e. The molecule has 19 heavy (non-hydrogen) atoms. The van der Waals surface area contributed by atoms with Crippen LogP contribution >= 0.6 is 0 Å². The van der Waals surface area contributed by atoms with Crippen molar-refractivity contribution in [3.8, 4) is 0 Å². The van der Waals surface area contributed by atoms with Crippen LogP contribution in [0.5, 0.6) is 0 Å². The van der Waals surface area contributed by atoms with Gasteiger partial charge in [0.25, 0.3) is 0 Å². The van der Waals surface area contributed by atoms with Crippen LogP contribution in [-0.2, 0) is 19.5 Å². The summed E-state index contributed by atoms with van der Waals surface area (Å²) >= 11 is 0. The monoisotopic (exact) mass is 262 g/mol. The van der Waals surface area contributed by atoms with Crippen LogP contribution in [0.4, 0.5) is 0 Å². The maximum Gasteiger partial charge on any atom is 0.140 e. The summed E-state index contributed by atoms with van der Waals surface area (Å²) in [5.74, 6) is 2.05. The first-order chi connectivity index (χ1) is 9.29. The molecule has 0 spiro atoms. The van der Waals surface area contributed by atoms with E-state index in [4.69, 9.17) is 4.42 Å². The Labute approximate surface area is 114 Å². The summed E-state index contributed by atoms with van der Waals surface area (Å²) in [6, 6.07) is 4.38. The molecular formula is C14H22N4O. The lowest BCUT2D eigenvalue weighted by Crippen LogP contribution is -2.27. The van der Waals surface area contributed by atoms with Crippen LogP contribution in [0.15, 0.2) is 29.1 Å². The molecule has 0 bridgehead atoms. The fourth-order valence-corrected chi connectivity index (χ4v) is 2.00. The highest BCUT2D eigenvalue weighted by Gasteiger charge is 2.07. The maximum atomic E-state index is 5.33. The van der Waals surface area contributed by atoms with Crippen LogP contribution in [0.2, 0.25) is 0 Å². The van der Waals surface area contributed by atoms with Crippen molar-refractivity contribution < 1.29 is 4.42 Å². The van der Waals surface area contributed by atoms with Gasteiger partial charge in [-0.3, -0.25) is 0 Å². The number of aromatic nitrogens is 3. The lowest BCUT2D eigenvalue weighted by atomic mass is 10.1. The van der Waals surface area contributed by atoms with Gasteiger partial charge < -0.3 is 9.73 Å². The number of nitrogens with zero attached hydrogens (tertiary/aromatic N) is 3. The lowest BCUT2D eigenvalue weighted by Gasteiger charge is -2.13. The molecule has 2 aromatic heterocycles. The molecule has 104 valence electrons. The van der Waals surface area contributed by atoms with E-state index in [9.17, 15) is 0 Å². The van der Waals surface area contributed by atoms with Crippen molar-refractivity contribution in [1.29, 1.82) is 0 Å². The van der Waals surface area contributed by atoms with Crippen LogP contribution in [0, 0.1) is 0 Å². The molecule has 2 heterocycles. The lowest BCUT2D eigenvalue weighted by molar-refractivity contribution is 0.448. The third-order valence-corrected chi connectivity index (χ3v) is 3.14. The summed E-state index contributed by atoms with van der Waals surface area (Å²) < 4.78 is 7.30. The topological polar surface area (TPSA) is 55.9 Å². The Kier molecular flexibility index (Phi) is 5.15. The maximum absolute atomic E-state index is 5.33. The highest BCUT2D eigenvalue weighted by molar-refractivity contribution is 4.98. The Bertz CT molecular complexity index is 464. The van der Waals surface area contributed by atoms with Gasteiger partial charge in [0.1, 0.15) is 17.9 Å². The first-order valence-corrected chi connectivity index (χ1v) is 6.92. The van der Waals surface area contributed by atoms with Crippen molar-refractivity contribution in [3.05, 3.63) is 36.3 Å². The minimum absolute atomic E-state index is 0.428. The number of rotatable bonds is 8. The van der Waals surface area contributed by atoms with E-state index in [1.54, 1.807) is 12.6 Å². The van der Waals surface area contributed by atoms with E-state index in [1.807, 2.05) is 16.8 Å². The molecule has 1 N–H and O–H groups in total. The molecule has 0 saturated heterocycles. The van der Waals surface area contributed by atoms with Gasteiger partial charge in [0.15, 0.2) is 0 Å². The van der Waals surface area contributed by atoms with Crippen LogP contribution in [0.3, 0.4) is 0 Å². The molecule has 0 aliphatic heterocycles. The van der Waals surface area contributed by atoms with Crippen LogP contribution < -0.4 is 5.32 Å². The number of nitrogens with one attached hydrogen (secondary N) is 1. The summed E-state index contributed by atoms with van der Waals surface area (Å²) in [5.41, 5.74) is 0. The smallest absolute Gasteiger partial charge is 0.140 e. The molecule has 0 radical (unpaired) electrons. The molecule has 0 aromatic carbocycles. The molecule has 2 aromatic rings. The van der Waals surface area contributed by atoms with Gasteiger partial charge in [0, 0.05) is 19.0 Å². The highest BCUT2D eigenvalue weighted by Crippen LogP contribution is 2.06. The van der Waals surface area contributed by atoms with Crippen molar-refractivity contribution in [3.63, 3.8) is 0 Å². The second kappa shape index (κ2) is 7.09. The molecular weight excluding hydrogens is 240 g/mol. The quantitative estimate of drug-likeness (QED) is 0.793. The van der Waals surface area contributed by atoms with Crippen molar-refractivity contribution in [1.82, 2.24) is 20.1 Å². The van der Waals surface area contributed by atoms with Crippen molar-refractivity contribution in [2.75, 3.05) is 0 Å². The molecule has 0 fully saturated rings. The molecule has 0 aliphatic carbocycles. The third kappa shape index (κ3) is 4.21. The van der Waals surface area contributed by atoms with Crippen molar-refractivity contribution in [2.24, 2.45) is 0 Å². The molecule has 5 nitrogen and oxygen atoms in total. The Morgan fingerprint density at radius 2 is 2.37 bits per heavy atom. The Morgan fingerprint density at radius 1 is 1.47 bits per heavy atom. The summed E-state index contributed by atoms with van der Waals surface area (Å²) in [7, 11) is 0. The molecule has 0 saturated carbocycles. The summed E-state index contributed by atoms with van der Waals surface area (Å²) in [6.07, 6.45) is 6.43. The number of hydrogen-bond donors (Lipinski definition) is 1. The number of furan rings is 1. The molecule has 1 unspecified atom stereocenters. The predicted octanol–water partition coefficient (Wildman–Crippen LogP) is 2.39. The van der Waals surface area contributed by atoms with Gasteiger partial charge in [-0.1, -0.05) is 6.92 Å². The van der Waals surface area contributed by atoms with E-state index in [0.717, 1.165) is 43.9 Å². The Hall–Kier alpha value is -1.62. The van der Waals surface area contributed by atoms with Crippen LogP contribution in [-0.4, -0.2) is 20.8 Å². The van der Waals surface area contributed by atoms with E-state index in [2.05, 4.69) is 29.2 Å². The van der Waals surface area contributed by atoms with Gasteiger partial charge in [-0.25, -0.2) is 9.67 Å².